The summed E-state index contributed by atoms with van der Waals surface area (Å²) in [5.41, 5.74) is 4.56. The summed E-state index contributed by atoms with van der Waals surface area (Å²) in [5, 5.41) is 5.66. The Balaban J connectivity index is 1.64. The van der Waals surface area contributed by atoms with E-state index >= 15 is 0 Å². The number of hydrogen-bond donors (Lipinski definition) is 2. The lowest BCUT2D eigenvalue weighted by Gasteiger charge is -2.17. The lowest BCUT2D eigenvalue weighted by molar-refractivity contribution is 0.0945. The lowest BCUT2D eigenvalue weighted by atomic mass is 10.00. The van der Waals surface area contributed by atoms with E-state index in [2.05, 4.69) is 20.6 Å². The van der Waals surface area contributed by atoms with Crippen LogP contribution in [0.15, 0.2) is 42.5 Å². The van der Waals surface area contributed by atoms with Gasteiger partial charge in [-0.3, -0.25) is 9.59 Å². The minimum absolute atomic E-state index is 0.0737. The van der Waals surface area contributed by atoms with Gasteiger partial charge in [-0.25, -0.2) is 9.97 Å². The van der Waals surface area contributed by atoms with E-state index in [1.807, 2.05) is 30.3 Å². The largest absolute Gasteiger partial charge is 0.352 e. The highest BCUT2D eigenvalue weighted by molar-refractivity contribution is 6.05. The standard InChI is InChI=1S/C19H16N4O2/c1-11-17(23-16-5-3-2-4-15(16)21-11)19(25)22-13-6-7-14-12(10-13)8-9-20-18(14)24/h2-7,10H,8-9H2,1H3,(H,20,24)(H,22,25). The van der Waals surface area contributed by atoms with E-state index in [0.717, 1.165) is 17.5 Å². The van der Waals surface area contributed by atoms with Gasteiger partial charge >= 0.3 is 0 Å². The highest BCUT2D eigenvalue weighted by Crippen LogP contribution is 2.20. The molecule has 0 unspecified atom stereocenters. The second-order valence-corrected chi connectivity index (χ2v) is 5.98. The molecule has 4 rings (SSSR count). The van der Waals surface area contributed by atoms with E-state index in [0.29, 0.717) is 34.7 Å². The summed E-state index contributed by atoms with van der Waals surface area (Å²) in [5.74, 6) is -0.383. The molecular formula is C19H16N4O2. The van der Waals surface area contributed by atoms with Crippen LogP contribution in [0.1, 0.15) is 32.1 Å². The number of nitrogens with zero attached hydrogens (tertiary/aromatic N) is 2. The number of benzene rings is 2. The monoisotopic (exact) mass is 332 g/mol. The molecule has 2 amide bonds. The van der Waals surface area contributed by atoms with Crippen LogP contribution in [0.25, 0.3) is 11.0 Å². The molecule has 0 saturated carbocycles. The summed E-state index contributed by atoms with van der Waals surface area (Å²) >= 11 is 0. The number of carbonyl (C=O) groups excluding carboxylic acids is 2. The van der Waals surface area contributed by atoms with Gasteiger partial charge in [0.2, 0.25) is 0 Å². The van der Waals surface area contributed by atoms with Crippen LogP contribution < -0.4 is 10.6 Å². The van der Waals surface area contributed by atoms with Crippen molar-refractivity contribution >= 4 is 28.5 Å². The van der Waals surface area contributed by atoms with Crippen LogP contribution >= 0.6 is 0 Å². The predicted octanol–water partition coefficient (Wildman–Crippen LogP) is 2.48. The predicted molar refractivity (Wildman–Crippen MR) is 94.7 cm³/mol. The Kier molecular flexibility index (Phi) is 3.65. The Morgan fingerprint density at radius 2 is 1.88 bits per heavy atom. The molecule has 25 heavy (non-hydrogen) atoms. The van der Waals surface area contributed by atoms with E-state index in [1.165, 1.54) is 0 Å². The fourth-order valence-electron chi connectivity index (χ4n) is 3.00. The van der Waals surface area contributed by atoms with Crippen LogP contribution in [0.4, 0.5) is 5.69 Å². The molecule has 0 radical (unpaired) electrons. The summed E-state index contributed by atoms with van der Waals surface area (Å²) in [4.78, 5) is 33.3. The molecule has 6 nitrogen and oxygen atoms in total. The number of amides is 2. The van der Waals surface area contributed by atoms with Crippen molar-refractivity contribution in [2.45, 2.75) is 13.3 Å². The summed E-state index contributed by atoms with van der Waals surface area (Å²) < 4.78 is 0. The molecule has 1 aliphatic rings. The Bertz CT molecular complexity index is 1010. The first-order valence-corrected chi connectivity index (χ1v) is 8.08. The van der Waals surface area contributed by atoms with Gasteiger partial charge in [-0.1, -0.05) is 12.1 Å². The van der Waals surface area contributed by atoms with Crippen LogP contribution in [0.2, 0.25) is 0 Å². The van der Waals surface area contributed by atoms with Crippen molar-refractivity contribution < 1.29 is 9.59 Å². The van der Waals surface area contributed by atoms with E-state index in [9.17, 15) is 9.59 Å². The van der Waals surface area contributed by atoms with E-state index < -0.39 is 0 Å². The Morgan fingerprint density at radius 1 is 1.12 bits per heavy atom. The molecule has 1 aliphatic heterocycles. The molecule has 3 aromatic rings. The first-order valence-electron chi connectivity index (χ1n) is 8.08. The number of rotatable bonds is 2. The van der Waals surface area contributed by atoms with Crippen LogP contribution in [-0.4, -0.2) is 28.3 Å². The van der Waals surface area contributed by atoms with Crippen molar-refractivity contribution in [3.05, 3.63) is 65.0 Å². The van der Waals surface area contributed by atoms with Gasteiger partial charge < -0.3 is 10.6 Å². The fraction of sp³-hybridized carbons (Fsp3) is 0.158. The summed E-state index contributed by atoms with van der Waals surface area (Å²) in [6.07, 6.45) is 0.750. The molecule has 2 heterocycles. The molecule has 0 bridgehead atoms. The van der Waals surface area contributed by atoms with Gasteiger partial charge in [-0.2, -0.15) is 0 Å². The second-order valence-electron chi connectivity index (χ2n) is 5.98. The highest BCUT2D eigenvalue weighted by Gasteiger charge is 2.18. The first kappa shape index (κ1) is 15.3. The zero-order valence-corrected chi connectivity index (χ0v) is 13.7. The molecule has 0 aliphatic carbocycles. The number of fused-ring (bicyclic) bond motifs is 2. The number of para-hydroxylation sites is 2. The van der Waals surface area contributed by atoms with Crippen molar-refractivity contribution in [1.82, 2.24) is 15.3 Å². The van der Waals surface area contributed by atoms with Gasteiger partial charge in [0, 0.05) is 17.8 Å². The quantitative estimate of drug-likeness (QED) is 0.755. The molecule has 0 fully saturated rings. The van der Waals surface area contributed by atoms with Crippen molar-refractivity contribution in [3.8, 4) is 0 Å². The van der Waals surface area contributed by atoms with Gasteiger partial charge in [0.25, 0.3) is 11.8 Å². The van der Waals surface area contributed by atoms with Crippen LogP contribution in [-0.2, 0) is 6.42 Å². The van der Waals surface area contributed by atoms with E-state index in [4.69, 9.17) is 0 Å². The molecular weight excluding hydrogens is 316 g/mol. The lowest BCUT2D eigenvalue weighted by Crippen LogP contribution is -2.31. The normalized spacial score (nSPS) is 13.2. The van der Waals surface area contributed by atoms with Crippen LogP contribution in [0, 0.1) is 6.92 Å². The number of carbonyl (C=O) groups is 2. The number of nitrogens with one attached hydrogen (secondary N) is 2. The molecule has 0 spiro atoms. The highest BCUT2D eigenvalue weighted by atomic mass is 16.2. The molecule has 124 valence electrons. The minimum Gasteiger partial charge on any atom is -0.352 e. The Labute approximate surface area is 144 Å². The van der Waals surface area contributed by atoms with E-state index in [1.54, 1.807) is 19.1 Å². The molecule has 0 atom stereocenters. The van der Waals surface area contributed by atoms with Gasteiger partial charge in [-0.05, 0) is 49.2 Å². The van der Waals surface area contributed by atoms with Crippen molar-refractivity contribution in [2.75, 3.05) is 11.9 Å². The third kappa shape index (κ3) is 2.82. The average Bonchev–Trinajstić information content (AvgIpc) is 2.61. The molecule has 0 saturated heterocycles. The maximum absolute atomic E-state index is 12.6. The minimum atomic E-state index is -0.309. The average molecular weight is 332 g/mol. The van der Waals surface area contributed by atoms with Crippen molar-refractivity contribution in [2.24, 2.45) is 0 Å². The molecule has 6 heteroatoms. The molecule has 1 aromatic heterocycles. The van der Waals surface area contributed by atoms with Crippen LogP contribution in [0.3, 0.4) is 0 Å². The zero-order valence-electron chi connectivity index (χ0n) is 13.7. The van der Waals surface area contributed by atoms with E-state index in [-0.39, 0.29) is 11.8 Å². The maximum atomic E-state index is 12.6. The topological polar surface area (TPSA) is 84.0 Å². The third-order valence-corrected chi connectivity index (χ3v) is 4.25. The van der Waals surface area contributed by atoms with Crippen molar-refractivity contribution in [3.63, 3.8) is 0 Å². The van der Waals surface area contributed by atoms with Gasteiger partial charge in [0.15, 0.2) is 0 Å². The smallest absolute Gasteiger partial charge is 0.276 e. The Hall–Kier alpha value is -3.28. The van der Waals surface area contributed by atoms with Gasteiger partial charge in [0.05, 0.1) is 16.7 Å². The maximum Gasteiger partial charge on any atom is 0.276 e. The van der Waals surface area contributed by atoms with Gasteiger partial charge in [0.1, 0.15) is 5.69 Å². The third-order valence-electron chi connectivity index (χ3n) is 4.25. The SMILES string of the molecule is Cc1nc2ccccc2nc1C(=O)Nc1ccc2c(c1)CCNC2=O. The van der Waals surface area contributed by atoms with Crippen molar-refractivity contribution in [1.29, 1.82) is 0 Å². The van der Waals surface area contributed by atoms with Gasteiger partial charge in [-0.15, -0.1) is 0 Å². The second kappa shape index (κ2) is 5.98. The summed E-state index contributed by atoms with van der Waals surface area (Å²) in [6, 6.07) is 12.8. The first-order chi connectivity index (χ1) is 12.1. The molecule has 2 aromatic carbocycles. The zero-order chi connectivity index (χ0) is 17.4. The summed E-state index contributed by atoms with van der Waals surface area (Å²) in [6.45, 7) is 2.38. The number of anilines is 1. The number of aryl methyl sites for hydroxylation is 1. The Morgan fingerprint density at radius 3 is 2.68 bits per heavy atom. The molecule has 2 N–H and O–H groups in total. The van der Waals surface area contributed by atoms with Crippen LogP contribution in [0.5, 0.6) is 0 Å². The summed E-state index contributed by atoms with van der Waals surface area (Å²) in [7, 11) is 0. The fourth-order valence-corrected chi connectivity index (χ4v) is 3.00. The number of aromatic nitrogens is 2. The number of hydrogen-bond acceptors (Lipinski definition) is 4.